The summed E-state index contributed by atoms with van der Waals surface area (Å²) in [7, 11) is 0. The van der Waals surface area contributed by atoms with E-state index >= 15 is 0 Å². The van der Waals surface area contributed by atoms with Crippen LogP contribution in [0.5, 0.6) is 0 Å². The van der Waals surface area contributed by atoms with Gasteiger partial charge in [0.2, 0.25) is 5.91 Å². The monoisotopic (exact) mass is 418 g/mol. The summed E-state index contributed by atoms with van der Waals surface area (Å²) >= 11 is 0. The van der Waals surface area contributed by atoms with Gasteiger partial charge in [-0.3, -0.25) is 13.9 Å². The average molecular weight is 418 g/mol. The normalized spacial score (nSPS) is 12.1. The first-order chi connectivity index (χ1) is 15.0. The molecule has 0 saturated heterocycles. The van der Waals surface area contributed by atoms with E-state index in [0.29, 0.717) is 30.8 Å². The highest BCUT2D eigenvalue weighted by molar-refractivity contribution is 5.83. The van der Waals surface area contributed by atoms with Gasteiger partial charge in [0.15, 0.2) is 5.65 Å². The first kappa shape index (κ1) is 20.5. The summed E-state index contributed by atoms with van der Waals surface area (Å²) in [6, 6.07) is 19.2. The van der Waals surface area contributed by atoms with Crippen LogP contribution in [0.4, 0.5) is 4.39 Å². The van der Waals surface area contributed by atoms with E-state index in [4.69, 9.17) is 0 Å². The molecule has 0 radical (unpaired) electrons. The largest absolute Gasteiger partial charge is 0.354 e. The van der Waals surface area contributed by atoms with Crippen LogP contribution in [-0.2, 0) is 17.9 Å². The molecular formula is C24H23FN4O2. The highest BCUT2D eigenvalue weighted by Gasteiger charge is 2.17. The summed E-state index contributed by atoms with van der Waals surface area (Å²) in [6.07, 6.45) is 1.64. The lowest BCUT2D eigenvalue weighted by atomic mass is 10.0. The fourth-order valence-corrected chi connectivity index (χ4v) is 3.61. The minimum Gasteiger partial charge on any atom is -0.354 e. The summed E-state index contributed by atoms with van der Waals surface area (Å²) in [5, 5.41) is 2.91. The zero-order valence-electron chi connectivity index (χ0n) is 17.2. The lowest BCUT2D eigenvalue weighted by molar-refractivity contribution is -0.122. The molecule has 6 nitrogen and oxygen atoms in total. The summed E-state index contributed by atoms with van der Waals surface area (Å²) in [4.78, 5) is 30.0. The smallest absolute Gasteiger partial charge is 0.330 e. The van der Waals surface area contributed by atoms with E-state index in [9.17, 15) is 14.0 Å². The quantitative estimate of drug-likeness (QED) is 0.501. The first-order valence-electron chi connectivity index (χ1n) is 10.2. The molecule has 2 aromatic carbocycles. The highest BCUT2D eigenvalue weighted by atomic mass is 19.1. The van der Waals surface area contributed by atoms with Crippen molar-refractivity contribution >= 4 is 17.1 Å². The number of carbonyl (C=O) groups is 1. The number of nitrogens with one attached hydrogen (secondary N) is 1. The number of amides is 1. The summed E-state index contributed by atoms with van der Waals surface area (Å²) in [5.41, 5.74) is 2.79. The Morgan fingerprint density at radius 3 is 2.52 bits per heavy atom. The number of hydrogen-bond acceptors (Lipinski definition) is 3. The standard InChI is InChI=1S/C24H23FN4O2/c1-17(19-6-3-2-4-7-19)23(30)27-14-15-28-22-21(8-5-13-26-22)29(24(28)31)16-18-9-11-20(25)12-10-18/h2-13,17H,14-16H2,1H3,(H,27,30)/t17-/m1/s1. The van der Waals surface area contributed by atoms with Crippen molar-refractivity contribution in [1.29, 1.82) is 0 Å². The van der Waals surface area contributed by atoms with Crippen LogP contribution >= 0.6 is 0 Å². The molecule has 31 heavy (non-hydrogen) atoms. The zero-order valence-corrected chi connectivity index (χ0v) is 17.2. The van der Waals surface area contributed by atoms with Crippen LogP contribution in [0.15, 0.2) is 77.7 Å². The van der Waals surface area contributed by atoms with E-state index in [1.165, 1.54) is 12.1 Å². The van der Waals surface area contributed by atoms with E-state index in [-0.39, 0.29) is 23.3 Å². The number of carbonyl (C=O) groups excluding carboxylic acids is 1. The van der Waals surface area contributed by atoms with Gasteiger partial charge in [0, 0.05) is 19.3 Å². The zero-order chi connectivity index (χ0) is 21.8. The molecule has 4 rings (SSSR count). The van der Waals surface area contributed by atoms with Gasteiger partial charge < -0.3 is 5.32 Å². The lowest BCUT2D eigenvalue weighted by Gasteiger charge is -2.12. The third-order valence-corrected chi connectivity index (χ3v) is 5.36. The van der Waals surface area contributed by atoms with Gasteiger partial charge in [-0.05, 0) is 42.3 Å². The van der Waals surface area contributed by atoms with E-state index < -0.39 is 0 Å². The van der Waals surface area contributed by atoms with Crippen molar-refractivity contribution < 1.29 is 9.18 Å². The second-order valence-corrected chi connectivity index (χ2v) is 7.42. The van der Waals surface area contributed by atoms with Crippen LogP contribution in [0.3, 0.4) is 0 Å². The van der Waals surface area contributed by atoms with Crippen LogP contribution in [-0.4, -0.2) is 26.6 Å². The van der Waals surface area contributed by atoms with Crippen molar-refractivity contribution in [2.45, 2.75) is 25.9 Å². The molecule has 0 spiro atoms. The summed E-state index contributed by atoms with van der Waals surface area (Å²) < 4.78 is 16.4. The van der Waals surface area contributed by atoms with Gasteiger partial charge >= 0.3 is 5.69 Å². The van der Waals surface area contributed by atoms with Crippen LogP contribution in [0.25, 0.3) is 11.2 Å². The van der Waals surface area contributed by atoms with Crippen molar-refractivity contribution in [2.75, 3.05) is 6.54 Å². The molecule has 4 aromatic rings. The Hall–Kier alpha value is -3.74. The molecular weight excluding hydrogens is 395 g/mol. The van der Waals surface area contributed by atoms with Gasteiger partial charge in [-0.15, -0.1) is 0 Å². The second kappa shape index (κ2) is 8.95. The molecule has 7 heteroatoms. The second-order valence-electron chi connectivity index (χ2n) is 7.42. The van der Waals surface area contributed by atoms with Gasteiger partial charge in [-0.2, -0.15) is 0 Å². The van der Waals surface area contributed by atoms with Crippen molar-refractivity contribution in [3.05, 3.63) is 100 Å². The number of imidazole rings is 1. The van der Waals surface area contributed by atoms with Crippen LogP contribution < -0.4 is 11.0 Å². The SMILES string of the molecule is C[C@@H](C(=O)NCCn1c(=O)n(Cc2ccc(F)cc2)c2cccnc21)c1ccccc1. The fourth-order valence-electron chi connectivity index (χ4n) is 3.61. The Bertz CT molecular complexity index is 1250. The van der Waals surface area contributed by atoms with Gasteiger partial charge in [-0.1, -0.05) is 42.5 Å². The topological polar surface area (TPSA) is 68.9 Å². The lowest BCUT2D eigenvalue weighted by Crippen LogP contribution is -2.34. The third kappa shape index (κ3) is 4.40. The maximum Gasteiger partial charge on any atom is 0.330 e. The van der Waals surface area contributed by atoms with Crippen LogP contribution in [0.1, 0.15) is 24.0 Å². The van der Waals surface area contributed by atoms with Crippen molar-refractivity contribution in [1.82, 2.24) is 19.4 Å². The number of benzene rings is 2. The van der Waals surface area contributed by atoms with Gasteiger partial charge in [0.05, 0.1) is 18.0 Å². The number of nitrogens with zero attached hydrogens (tertiary/aromatic N) is 3. The molecule has 0 bridgehead atoms. The molecule has 158 valence electrons. The number of aromatic nitrogens is 3. The highest BCUT2D eigenvalue weighted by Crippen LogP contribution is 2.15. The maximum absolute atomic E-state index is 13.2. The molecule has 1 atom stereocenters. The minimum absolute atomic E-state index is 0.0951. The van der Waals surface area contributed by atoms with E-state index in [2.05, 4.69) is 10.3 Å². The average Bonchev–Trinajstić information content (AvgIpc) is 3.06. The molecule has 0 unspecified atom stereocenters. The molecule has 1 N–H and O–H groups in total. The van der Waals surface area contributed by atoms with Crippen LogP contribution in [0.2, 0.25) is 0 Å². The molecule has 0 aliphatic carbocycles. The summed E-state index contributed by atoms with van der Waals surface area (Å²) in [5.74, 6) is -0.696. The number of halogens is 1. The van der Waals surface area contributed by atoms with E-state index in [1.54, 1.807) is 33.5 Å². The van der Waals surface area contributed by atoms with Gasteiger partial charge in [-0.25, -0.2) is 14.2 Å². The first-order valence-corrected chi connectivity index (χ1v) is 10.2. The van der Waals surface area contributed by atoms with Gasteiger partial charge in [0.25, 0.3) is 0 Å². The van der Waals surface area contributed by atoms with Crippen molar-refractivity contribution in [3.63, 3.8) is 0 Å². The molecule has 1 amide bonds. The van der Waals surface area contributed by atoms with Crippen molar-refractivity contribution in [2.24, 2.45) is 0 Å². The number of rotatable bonds is 7. The molecule has 0 fully saturated rings. The van der Waals surface area contributed by atoms with E-state index in [0.717, 1.165) is 11.1 Å². The molecule has 2 aromatic heterocycles. The summed E-state index contributed by atoms with van der Waals surface area (Å²) in [6.45, 7) is 2.77. The number of hydrogen-bond donors (Lipinski definition) is 1. The molecule has 0 aliphatic heterocycles. The van der Waals surface area contributed by atoms with Crippen molar-refractivity contribution in [3.8, 4) is 0 Å². The predicted octanol–water partition coefficient (Wildman–Crippen LogP) is 3.31. The molecule has 0 saturated carbocycles. The Morgan fingerprint density at radius 2 is 1.77 bits per heavy atom. The Balaban J connectivity index is 1.51. The minimum atomic E-state index is -0.319. The molecule has 2 heterocycles. The number of fused-ring (bicyclic) bond motifs is 1. The fraction of sp³-hybridized carbons (Fsp3) is 0.208. The number of pyridine rings is 1. The Morgan fingerprint density at radius 1 is 1.03 bits per heavy atom. The Labute approximate surface area is 179 Å². The van der Waals surface area contributed by atoms with Crippen LogP contribution in [0, 0.1) is 5.82 Å². The predicted molar refractivity (Wildman–Crippen MR) is 117 cm³/mol. The van der Waals surface area contributed by atoms with Gasteiger partial charge in [0.1, 0.15) is 5.82 Å². The maximum atomic E-state index is 13.2. The van der Waals surface area contributed by atoms with E-state index in [1.807, 2.05) is 43.3 Å². The third-order valence-electron chi connectivity index (χ3n) is 5.36. The molecule has 0 aliphatic rings. The Kier molecular flexibility index (Phi) is 5.93.